The second-order valence-electron chi connectivity index (χ2n) is 4.28. The standard InChI is InChI=1S/C15H16ClNO/c1-10-4-7-15(18-3)13(8-10)14-6-5-12(9-16)11(2)17-14/h4-8H,9H2,1-3H3. The van der Waals surface area contributed by atoms with Crippen LogP contribution in [0.5, 0.6) is 5.75 Å². The number of methoxy groups -OCH3 is 1. The van der Waals surface area contributed by atoms with Crippen LogP contribution < -0.4 is 4.74 Å². The molecule has 0 aliphatic rings. The molecular formula is C15H16ClNO. The molecule has 0 spiro atoms. The predicted octanol–water partition coefficient (Wildman–Crippen LogP) is 4.11. The van der Waals surface area contributed by atoms with Crippen LogP contribution in [0, 0.1) is 13.8 Å². The second-order valence-corrected chi connectivity index (χ2v) is 4.55. The number of hydrogen-bond acceptors (Lipinski definition) is 2. The smallest absolute Gasteiger partial charge is 0.128 e. The summed E-state index contributed by atoms with van der Waals surface area (Å²) in [7, 11) is 1.67. The zero-order valence-electron chi connectivity index (χ0n) is 10.8. The van der Waals surface area contributed by atoms with Crippen LogP contribution in [-0.2, 0) is 5.88 Å². The first-order valence-corrected chi connectivity index (χ1v) is 6.36. The largest absolute Gasteiger partial charge is 0.496 e. The lowest BCUT2D eigenvalue weighted by atomic mass is 10.1. The second kappa shape index (κ2) is 5.40. The van der Waals surface area contributed by atoms with Gasteiger partial charge in [0.05, 0.1) is 12.8 Å². The predicted molar refractivity (Wildman–Crippen MR) is 75.3 cm³/mol. The Morgan fingerprint density at radius 2 is 1.94 bits per heavy atom. The molecular weight excluding hydrogens is 246 g/mol. The average Bonchev–Trinajstić information content (AvgIpc) is 2.38. The summed E-state index contributed by atoms with van der Waals surface area (Å²) in [5.41, 5.74) is 5.15. The number of aryl methyl sites for hydroxylation is 2. The van der Waals surface area contributed by atoms with Gasteiger partial charge in [-0.05, 0) is 37.6 Å². The van der Waals surface area contributed by atoms with E-state index >= 15 is 0 Å². The van der Waals surface area contributed by atoms with E-state index in [2.05, 4.69) is 18.0 Å². The Hall–Kier alpha value is -1.54. The van der Waals surface area contributed by atoms with Crippen LogP contribution in [0.2, 0.25) is 0 Å². The zero-order valence-corrected chi connectivity index (χ0v) is 11.6. The van der Waals surface area contributed by atoms with E-state index in [0.717, 1.165) is 28.3 Å². The summed E-state index contributed by atoms with van der Waals surface area (Å²) in [5, 5.41) is 0. The van der Waals surface area contributed by atoms with Gasteiger partial charge < -0.3 is 4.74 Å². The van der Waals surface area contributed by atoms with Crippen molar-refractivity contribution in [1.29, 1.82) is 0 Å². The molecule has 0 atom stereocenters. The lowest BCUT2D eigenvalue weighted by molar-refractivity contribution is 0.416. The molecule has 0 aliphatic heterocycles. The van der Waals surface area contributed by atoms with Crippen molar-refractivity contribution in [3.8, 4) is 17.0 Å². The van der Waals surface area contributed by atoms with E-state index in [0.29, 0.717) is 5.88 Å². The first-order chi connectivity index (χ1) is 8.65. The van der Waals surface area contributed by atoms with Gasteiger partial charge in [0.1, 0.15) is 5.75 Å². The van der Waals surface area contributed by atoms with Gasteiger partial charge in [-0.1, -0.05) is 17.7 Å². The van der Waals surface area contributed by atoms with E-state index in [-0.39, 0.29) is 0 Å². The minimum Gasteiger partial charge on any atom is -0.496 e. The fourth-order valence-electron chi connectivity index (χ4n) is 1.90. The number of ether oxygens (including phenoxy) is 1. The molecule has 2 nitrogen and oxygen atoms in total. The van der Waals surface area contributed by atoms with Crippen molar-refractivity contribution in [2.75, 3.05) is 7.11 Å². The van der Waals surface area contributed by atoms with Crippen LogP contribution >= 0.6 is 11.6 Å². The fraction of sp³-hybridized carbons (Fsp3) is 0.267. The SMILES string of the molecule is COc1ccc(C)cc1-c1ccc(CCl)c(C)n1. The minimum atomic E-state index is 0.490. The van der Waals surface area contributed by atoms with Crippen LogP contribution in [0.15, 0.2) is 30.3 Å². The Balaban J connectivity index is 2.54. The number of aromatic nitrogens is 1. The van der Waals surface area contributed by atoms with Gasteiger partial charge in [0.25, 0.3) is 0 Å². The fourth-order valence-corrected chi connectivity index (χ4v) is 2.19. The van der Waals surface area contributed by atoms with Gasteiger partial charge >= 0.3 is 0 Å². The molecule has 0 N–H and O–H groups in total. The molecule has 1 aromatic carbocycles. The Morgan fingerprint density at radius 1 is 1.17 bits per heavy atom. The lowest BCUT2D eigenvalue weighted by Gasteiger charge is -2.10. The molecule has 94 valence electrons. The molecule has 0 saturated heterocycles. The van der Waals surface area contributed by atoms with Gasteiger partial charge in [0, 0.05) is 17.1 Å². The van der Waals surface area contributed by atoms with Crippen LogP contribution in [0.3, 0.4) is 0 Å². The van der Waals surface area contributed by atoms with Crippen LogP contribution in [0.4, 0.5) is 0 Å². The van der Waals surface area contributed by atoms with Gasteiger partial charge in [0.15, 0.2) is 0 Å². The van der Waals surface area contributed by atoms with Gasteiger partial charge in [-0.25, -0.2) is 0 Å². The van der Waals surface area contributed by atoms with Crippen LogP contribution in [0.1, 0.15) is 16.8 Å². The highest BCUT2D eigenvalue weighted by Gasteiger charge is 2.09. The third kappa shape index (κ3) is 2.49. The average molecular weight is 262 g/mol. The maximum absolute atomic E-state index is 5.85. The molecule has 2 rings (SSSR count). The number of rotatable bonds is 3. The van der Waals surface area contributed by atoms with Crippen molar-refractivity contribution in [3.05, 3.63) is 47.2 Å². The number of alkyl halides is 1. The molecule has 0 bridgehead atoms. The van der Waals surface area contributed by atoms with Crippen LogP contribution in [0.25, 0.3) is 11.3 Å². The van der Waals surface area contributed by atoms with Crippen LogP contribution in [-0.4, -0.2) is 12.1 Å². The monoisotopic (exact) mass is 261 g/mol. The van der Waals surface area contributed by atoms with Gasteiger partial charge in [0.2, 0.25) is 0 Å². The quantitative estimate of drug-likeness (QED) is 0.776. The van der Waals surface area contributed by atoms with Crippen molar-refractivity contribution < 1.29 is 4.74 Å². The first kappa shape index (κ1) is 12.9. The summed E-state index contributed by atoms with van der Waals surface area (Å²) in [4.78, 5) is 4.60. The Morgan fingerprint density at radius 3 is 2.56 bits per heavy atom. The zero-order chi connectivity index (χ0) is 13.1. The maximum atomic E-state index is 5.85. The van der Waals surface area contributed by atoms with E-state index in [1.807, 2.05) is 31.2 Å². The summed E-state index contributed by atoms with van der Waals surface area (Å²) in [6.07, 6.45) is 0. The Kier molecular flexibility index (Phi) is 3.87. The molecule has 1 aromatic heterocycles. The van der Waals surface area contributed by atoms with E-state index < -0.39 is 0 Å². The third-order valence-corrected chi connectivity index (χ3v) is 3.26. The van der Waals surface area contributed by atoms with Gasteiger partial charge in [-0.3, -0.25) is 4.98 Å². The number of nitrogens with zero attached hydrogens (tertiary/aromatic N) is 1. The molecule has 0 unspecified atom stereocenters. The summed E-state index contributed by atoms with van der Waals surface area (Å²) >= 11 is 5.85. The molecule has 0 aliphatic carbocycles. The van der Waals surface area contributed by atoms with Crippen molar-refractivity contribution in [1.82, 2.24) is 4.98 Å². The van der Waals surface area contributed by atoms with Crippen molar-refractivity contribution in [2.45, 2.75) is 19.7 Å². The summed E-state index contributed by atoms with van der Waals surface area (Å²) < 4.78 is 5.39. The molecule has 0 saturated carbocycles. The van der Waals surface area contributed by atoms with Crippen molar-refractivity contribution >= 4 is 11.6 Å². The van der Waals surface area contributed by atoms with Gasteiger partial charge in [-0.15, -0.1) is 11.6 Å². The molecule has 0 fully saturated rings. The van der Waals surface area contributed by atoms with Gasteiger partial charge in [-0.2, -0.15) is 0 Å². The molecule has 2 aromatic rings. The normalized spacial score (nSPS) is 10.4. The van der Waals surface area contributed by atoms with Crippen molar-refractivity contribution in [2.24, 2.45) is 0 Å². The molecule has 0 radical (unpaired) electrons. The molecule has 0 amide bonds. The highest BCUT2D eigenvalue weighted by molar-refractivity contribution is 6.17. The topological polar surface area (TPSA) is 22.1 Å². The van der Waals surface area contributed by atoms with E-state index in [4.69, 9.17) is 16.3 Å². The highest BCUT2D eigenvalue weighted by Crippen LogP contribution is 2.30. The number of hydrogen-bond donors (Lipinski definition) is 0. The first-order valence-electron chi connectivity index (χ1n) is 5.83. The lowest BCUT2D eigenvalue weighted by Crippen LogP contribution is -1.95. The van der Waals surface area contributed by atoms with Crippen molar-refractivity contribution in [3.63, 3.8) is 0 Å². The van der Waals surface area contributed by atoms with E-state index in [1.165, 1.54) is 5.56 Å². The van der Waals surface area contributed by atoms with E-state index in [9.17, 15) is 0 Å². The summed E-state index contributed by atoms with van der Waals surface area (Å²) in [5.74, 6) is 1.33. The highest BCUT2D eigenvalue weighted by atomic mass is 35.5. The number of halogens is 1. The number of pyridine rings is 1. The number of benzene rings is 1. The third-order valence-electron chi connectivity index (χ3n) is 2.97. The molecule has 1 heterocycles. The maximum Gasteiger partial charge on any atom is 0.128 e. The molecule has 18 heavy (non-hydrogen) atoms. The Bertz CT molecular complexity index is 566. The Labute approximate surface area is 113 Å². The summed E-state index contributed by atoms with van der Waals surface area (Å²) in [6, 6.07) is 10.1. The molecule has 3 heteroatoms. The summed E-state index contributed by atoms with van der Waals surface area (Å²) in [6.45, 7) is 4.03. The minimum absolute atomic E-state index is 0.490. The van der Waals surface area contributed by atoms with E-state index in [1.54, 1.807) is 7.11 Å².